The fraction of sp³-hybridized carbons (Fsp3) is 0.0833. The number of benzene rings is 3. The lowest BCUT2D eigenvalue weighted by molar-refractivity contribution is -0.112. The van der Waals surface area contributed by atoms with Crippen molar-refractivity contribution in [3.63, 3.8) is 0 Å². The van der Waals surface area contributed by atoms with Crippen LogP contribution in [0.25, 0.3) is 6.08 Å². The highest BCUT2D eigenvalue weighted by molar-refractivity contribution is 6.09. The van der Waals surface area contributed by atoms with Crippen molar-refractivity contribution in [2.24, 2.45) is 0 Å². The standard InChI is InChI=1S/C24H20N2O3/c1-17-3-2-4-19(13-17)16-29-23-11-5-18(6-12-23)14-20(15-25)24(28)26-21-7-9-22(27)10-8-21/h2-14,27H,16H2,1H3,(H,26,28)/b20-14+. The Labute approximate surface area is 169 Å². The number of aromatic hydroxyl groups is 1. The van der Waals surface area contributed by atoms with Crippen molar-refractivity contribution < 1.29 is 14.6 Å². The first-order valence-electron chi connectivity index (χ1n) is 9.04. The van der Waals surface area contributed by atoms with E-state index in [-0.39, 0.29) is 11.3 Å². The smallest absolute Gasteiger partial charge is 0.266 e. The van der Waals surface area contributed by atoms with Crippen molar-refractivity contribution in [3.05, 3.63) is 95.1 Å². The number of phenolic OH excluding ortho intramolecular Hbond substituents is 1. The molecule has 0 aliphatic heterocycles. The number of nitriles is 1. The maximum absolute atomic E-state index is 12.3. The predicted molar refractivity (Wildman–Crippen MR) is 112 cm³/mol. The molecule has 0 spiro atoms. The highest BCUT2D eigenvalue weighted by atomic mass is 16.5. The molecule has 3 rings (SSSR count). The third kappa shape index (κ3) is 5.72. The van der Waals surface area contributed by atoms with E-state index in [0.717, 1.165) is 5.56 Å². The third-order valence-corrected chi connectivity index (χ3v) is 4.17. The molecule has 0 aliphatic carbocycles. The third-order valence-electron chi connectivity index (χ3n) is 4.17. The number of phenols is 1. The van der Waals surface area contributed by atoms with Gasteiger partial charge in [0.2, 0.25) is 0 Å². The summed E-state index contributed by atoms with van der Waals surface area (Å²) < 4.78 is 5.78. The van der Waals surface area contributed by atoms with Gasteiger partial charge in [0.15, 0.2) is 0 Å². The molecular formula is C24H20N2O3. The van der Waals surface area contributed by atoms with Crippen LogP contribution in [-0.2, 0) is 11.4 Å². The second-order valence-electron chi connectivity index (χ2n) is 6.52. The van der Waals surface area contributed by atoms with Gasteiger partial charge in [-0.3, -0.25) is 4.79 Å². The molecule has 0 atom stereocenters. The van der Waals surface area contributed by atoms with E-state index in [1.807, 2.05) is 31.2 Å². The monoisotopic (exact) mass is 384 g/mol. The largest absolute Gasteiger partial charge is 0.508 e. The lowest BCUT2D eigenvalue weighted by Gasteiger charge is -2.07. The van der Waals surface area contributed by atoms with Crippen LogP contribution in [0.5, 0.6) is 11.5 Å². The van der Waals surface area contributed by atoms with Crippen LogP contribution in [-0.4, -0.2) is 11.0 Å². The van der Waals surface area contributed by atoms with Crippen molar-refractivity contribution in [2.75, 3.05) is 5.32 Å². The van der Waals surface area contributed by atoms with Gasteiger partial charge in [0.25, 0.3) is 5.91 Å². The van der Waals surface area contributed by atoms with E-state index in [0.29, 0.717) is 23.6 Å². The number of anilines is 1. The first-order valence-corrected chi connectivity index (χ1v) is 9.04. The maximum atomic E-state index is 12.3. The molecule has 0 radical (unpaired) electrons. The van der Waals surface area contributed by atoms with Gasteiger partial charge in [0.1, 0.15) is 29.7 Å². The molecule has 0 fully saturated rings. The van der Waals surface area contributed by atoms with Crippen LogP contribution in [0.4, 0.5) is 5.69 Å². The molecule has 3 aromatic carbocycles. The van der Waals surface area contributed by atoms with Gasteiger partial charge in [0.05, 0.1) is 0 Å². The van der Waals surface area contributed by atoms with Gasteiger partial charge in [-0.1, -0.05) is 42.0 Å². The Balaban J connectivity index is 1.64. The van der Waals surface area contributed by atoms with Gasteiger partial charge in [-0.15, -0.1) is 0 Å². The molecular weight excluding hydrogens is 364 g/mol. The fourth-order valence-electron chi connectivity index (χ4n) is 2.69. The molecule has 5 heteroatoms. The number of hydrogen-bond acceptors (Lipinski definition) is 4. The van der Waals surface area contributed by atoms with E-state index in [4.69, 9.17) is 4.74 Å². The lowest BCUT2D eigenvalue weighted by atomic mass is 10.1. The Hall–Kier alpha value is -4.04. The number of amides is 1. The first kappa shape index (κ1) is 19.7. The van der Waals surface area contributed by atoms with E-state index in [1.165, 1.54) is 23.8 Å². The SMILES string of the molecule is Cc1cccc(COc2ccc(/C=C(\C#N)C(=O)Nc3ccc(O)cc3)cc2)c1. The summed E-state index contributed by atoms with van der Waals surface area (Å²) in [4.78, 5) is 12.3. The molecule has 0 bridgehead atoms. The van der Waals surface area contributed by atoms with Crippen molar-refractivity contribution >= 4 is 17.7 Å². The second kappa shape index (κ2) is 9.25. The number of ether oxygens (including phenoxy) is 1. The van der Waals surface area contributed by atoms with Gasteiger partial charge in [-0.2, -0.15) is 5.26 Å². The van der Waals surface area contributed by atoms with Gasteiger partial charge in [-0.05, 0) is 60.5 Å². The first-order chi connectivity index (χ1) is 14.0. The minimum Gasteiger partial charge on any atom is -0.508 e. The summed E-state index contributed by atoms with van der Waals surface area (Å²) >= 11 is 0. The van der Waals surface area contributed by atoms with E-state index < -0.39 is 5.91 Å². The minimum atomic E-state index is -0.516. The summed E-state index contributed by atoms with van der Waals surface area (Å²) in [5.74, 6) is 0.289. The number of nitrogens with zero attached hydrogens (tertiary/aromatic N) is 1. The Bertz CT molecular complexity index is 1060. The number of carbonyl (C=O) groups excluding carboxylic acids is 1. The average molecular weight is 384 g/mol. The van der Waals surface area contributed by atoms with Crippen LogP contribution in [0.15, 0.2) is 78.4 Å². The number of hydrogen-bond donors (Lipinski definition) is 2. The molecule has 0 aromatic heterocycles. The van der Waals surface area contributed by atoms with Crippen LogP contribution >= 0.6 is 0 Å². The molecule has 0 saturated heterocycles. The highest BCUT2D eigenvalue weighted by Gasteiger charge is 2.09. The maximum Gasteiger partial charge on any atom is 0.266 e. The topological polar surface area (TPSA) is 82.3 Å². The zero-order chi connectivity index (χ0) is 20.6. The average Bonchev–Trinajstić information content (AvgIpc) is 2.73. The van der Waals surface area contributed by atoms with Gasteiger partial charge in [-0.25, -0.2) is 0 Å². The normalized spacial score (nSPS) is 10.8. The number of aryl methyl sites for hydroxylation is 1. The van der Waals surface area contributed by atoms with Gasteiger partial charge >= 0.3 is 0 Å². The lowest BCUT2D eigenvalue weighted by Crippen LogP contribution is -2.13. The van der Waals surface area contributed by atoms with Crippen molar-refractivity contribution in [1.82, 2.24) is 0 Å². The molecule has 0 unspecified atom stereocenters. The zero-order valence-electron chi connectivity index (χ0n) is 15.9. The summed E-state index contributed by atoms with van der Waals surface area (Å²) in [7, 11) is 0. The molecule has 3 aromatic rings. The Kier molecular flexibility index (Phi) is 6.29. The molecule has 5 nitrogen and oxygen atoms in total. The summed E-state index contributed by atoms with van der Waals surface area (Å²) in [6.45, 7) is 2.50. The predicted octanol–water partition coefficient (Wildman–Crippen LogP) is 4.83. The van der Waals surface area contributed by atoms with Crippen molar-refractivity contribution in [2.45, 2.75) is 13.5 Å². The van der Waals surface area contributed by atoms with Crippen molar-refractivity contribution in [1.29, 1.82) is 5.26 Å². The summed E-state index contributed by atoms with van der Waals surface area (Å²) in [5.41, 5.74) is 3.46. The van der Waals surface area contributed by atoms with E-state index >= 15 is 0 Å². The van der Waals surface area contributed by atoms with Gasteiger partial charge in [0, 0.05) is 5.69 Å². The number of nitrogens with one attached hydrogen (secondary N) is 1. The Morgan fingerprint density at radius 1 is 1.10 bits per heavy atom. The molecule has 2 N–H and O–H groups in total. The van der Waals surface area contributed by atoms with Crippen LogP contribution in [0.2, 0.25) is 0 Å². The van der Waals surface area contributed by atoms with E-state index in [1.54, 1.807) is 36.4 Å². The Morgan fingerprint density at radius 3 is 2.48 bits per heavy atom. The van der Waals surface area contributed by atoms with Crippen molar-refractivity contribution in [3.8, 4) is 17.6 Å². The minimum absolute atomic E-state index is 0.0218. The van der Waals surface area contributed by atoms with Crippen LogP contribution in [0.3, 0.4) is 0 Å². The number of rotatable bonds is 6. The second-order valence-corrected chi connectivity index (χ2v) is 6.52. The quantitative estimate of drug-likeness (QED) is 0.362. The van der Waals surface area contributed by atoms with Crippen LogP contribution < -0.4 is 10.1 Å². The van der Waals surface area contributed by atoms with Crippen LogP contribution in [0, 0.1) is 18.3 Å². The summed E-state index contributed by atoms with van der Waals surface area (Å²) in [6, 6.07) is 23.2. The number of carbonyl (C=O) groups is 1. The van der Waals surface area contributed by atoms with Crippen LogP contribution in [0.1, 0.15) is 16.7 Å². The molecule has 29 heavy (non-hydrogen) atoms. The summed E-state index contributed by atoms with van der Waals surface area (Å²) in [5, 5.41) is 21.2. The highest BCUT2D eigenvalue weighted by Crippen LogP contribution is 2.18. The molecule has 144 valence electrons. The van der Waals surface area contributed by atoms with Gasteiger partial charge < -0.3 is 15.2 Å². The zero-order valence-corrected chi connectivity index (χ0v) is 15.9. The molecule has 0 aliphatic rings. The molecule has 1 amide bonds. The van der Waals surface area contributed by atoms with E-state index in [9.17, 15) is 15.2 Å². The fourth-order valence-corrected chi connectivity index (χ4v) is 2.69. The molecule has 0 heterocycles. The van der Waals surface area contributed by atoms with E-state index in [2.05, 4.69) is 11.4 Å². The Morgan fingerprint density at radius 2 is 1.83 bits per heavy atom. The summed E-state index contributed by atoms with van der Waals surface area (Å²) in [6.07, 6.45) is 1.51. The molecule has 0 saturated carbocycles.